The number of halogens is 1. The van der Waals surface area contributed by atoms with Crippen molar-refractivity contribution < 1.29 is 23.7 Å². The molecule has 0 bridgehead atoms. The molecule has 2 atom stereocenters. The van der Waals surface area contributed by atoms with Gasteiger partial charge in [-0.2, -0.15) is 4.98 Å². The number of carbonyl (C=O) groups excluding carboxylic acids is 4. The molecule has 3 heterocycles. The van der Waals surface area contributed by atoms with Crippen LogP contribution in [0.15, 0.2) is 40.9 Å². The fourth-order valence-corrected chi connectivity index (χ4v) is 4.53. The number of nitrogens with one attached hydrogen (secondary N) is 2. The molecule has 0 aliphatic carbocycles. The van der Waals surface area contributed by atoms with E-state index in [0.717, 1.165) is 5.56 Å². The van der Waals surface area contributed by atoms with Gasteiger partial charge in [0.1, 0.15) is 12.1 Å². The summed E-state index contributed by atoms with van der Waals surface area (Å²) in [6.45, 7) is 2.04. The summed E-state index contributed by atoms with van der Waals surface area (Å²) in [7, 11) is 0. The molecule has 1 saturated heterocycles. The number of amides is 4. The molecule has 4 N–H and O–H groups in total. The van der Waals surface area contributed by atoms with Gasteiger partial charge < -0.3 is 20.5 Å². The van der Waals surface area contributed by atoms with E-state index in [9.17, 15) is 19.2 Å². The number of piperidine rings is 1. The Morgan fingerprint density at radius 3 is 2.78 bits per heavy atom. The van der Waals surface area contributed by atoms with Crippen molar-refractivity contribution in [3.05, 3.63) is 63.7 Å². The molecule has 184 valence electrons. The molecule has 12 heteroatoms. The molecule has 4 amide bonds. The van der Waals surface area contributed by atoms with Crippen molar-refractivity contribution in [3.8, 4) is 11.4 Å². The second-order valence-corrected chi connectivity index (χ2v) is 9.09. The number of fused-ring (bicyclic) bond motifs is 1. The molecule has 0 saturated carbocycles. The van der Waals surface area contributed by atoms with Crippen molar-refractivity contribution in [1.29, 1.82) is 0 Å². The summed E-state index contributed by atoms with van der Waals surface area (Å²) in [5.74, 6) is -1.58. The lowest BCUT2D eigenvalue weighted by Crippen LogP contribution is -2.52. The van der Waals surface area contributed by atoms with Crippen molar-refractivity contribution in [3.63, 3.8) is 0 Å². The summed E-state index contributed by atoms with van der Waals surface area (Å²) in [5, 5.41) is 9.61. The number of rotatable bonds is 6. The Labute approximate surface area is 210 Å². The van der Waals surface area contributed by atoms with Gasteiger partial charge in [0, 0.05) is 29.1 Å². The van der Waals surface area contributed by atoms with E-state index in [1.54, 1.807) is 30.3 Å². The highest BCUT2D eigenvalue weighted by Crippen LogP contribution is 2.31. The van der Waals surface area contributed by atoms with Crippen LogP contribution < -0.4 is 16.4 Å². The molecule has 0 radical (unpaired) electrons. The number of benzene rings is 2. The molecule has 2 aromatic carbocycles. The van der Waals surface area contributed by atoms with E-state index in [0.29, 0.717) is 27.3 Å². The maximum absolute atomic E-state index is 12.9. The first kappa shape index (κ1) is 23.5. The maximum atomic E-state index is 12.9. The number of hydrogen-bond donors (Lipinski definition) is 3. The number of imide groups is 1. The van der Waals surface area contributed by atoms with Gasteiger partial charge >= 0.3 is 6.01 Å². The van der Waals surface area contributed by atoms with Crippen molar-refractivity contribution in [2.24, 2.45) is 5.73 Å². The lowest BCUT2D eigenvalue weighted by atomic mass is 10.0. The summed E-state index contributed by atoms with van der Waals surface area (Å²) in [4.78, 5) is 54.7. The van der Waals surface area contributed by atoms with Crippen molar-refractivity contribution in [2.45, 2.75) is 38.4 Å². The summed E-state index contributed by atoms with van der Waals surface area (Å²) in [6, 6.07) is 8.43. The number of aryl methyl sites for hydroxylation is 1. The first-order valence-electron chi connectivity index (χ1n) is 11.1. The lowest BCUT2D eigenvalue weighted by molar-refractivity contribution is -0.137. The Bertz CT molecular complexity index is 1420. The topological polar surface area (TPSA) is 161 Å². The van der Waals surface area contributed by atoms with Crippen LogP contribution in [-0.2, 0) is 20.9 Å². The highest BCUT2D eigenvalue weighted by atomic mass is 35.5. The minimum atomic E-state index is -1.02. The van der Waals surface area contributed by atoms with Crippen LogP contribution >= 0.6 is 11.6 Å². The van der Waals surface area contributed by atoms with Gasteiger partial charge in [0.15, 0.2) is 0 Å². The zero-order valence-electron chi connectivity index (χ0n) is 19.1. The predicted octanol–water partition coefficient (Wildman–Crippen LogP) is 2.10. The third-order valence-electron chi connectivity index (χ3n) is 6.29. The first-order chi connectivity index (χ1) is 17.2. The molecule has 0 spiro atoms. The number of nitrogens with zero attached hydrogens (tertiary/aromatic N) is 3. The molecular weight excluding hydrogens is 488 g/mol. The summed E-state index contributed by atoms with van der Waals surface area (Å²) < 4.78 is 5.26. The summed E-state index contributed by atoms with van der Waals surface area (Å²) in [5.41, 5.74) is 8.73. The summed E-state index contributed by atoms with van der Waals surface area (Å²) >= 11 is 6.18. The molecule has 1 aromatic heterocycles. The van der Waals surface area contributed by atoms with Crippen LogP contribution in [0, 0.1) is 6.92 Å². The van der Waals surface area contributed by atoms with Gasteiger partial charge in [0.05, 0.1) is 0 Å². The first-order valence-corrected chi connectivity index (χ1v) is 11.5. The van der Waals surface area contributed by atoms with Crippen molar-refractivity contribution in [1.82, 2.24) is 20.4 Å². The normalized spacial score (nSPS) is 18.1. The molecule has 11 nitrogen and oxygen atoms in total. The number of carbonyl (C=O) groups is 4. The van der Waals surface area contributed by atoms with E-state index in [4.69, 9.17) is 21.9 Å². The van der Waals surface area contributed by atoms with Gasteiger partial charge in [0.25, 0.3) is 5.91 Å². The number of primary amides is 1. The van der Waals surface area contributed by atoms with Crippen molar-refractivity contribution >= 4 is 41.2 Å². The Morgan fingerprint density at radius 1 is 1.25 bits per heavy atom. The van der Waals surface area contributed by atoms with Crippen LogP contribution in [0.3, 0.4) is 0 Å². The molecule has 2 aliphatic heterocycles. The second-order valence-electron chi connectivity index (χ2n) is 8.68. The molecular formula is C24H21ClN6O5. The van der Waals surface area contributed by atoms with E-state index in [1.807, 2.05) is 13.0 Å². The zero-order valence-corrected chi connectivity index (χ0v) is 19.8. The Morgan fingerprint density at radius 2 is 2.06 bits per heavy atom. The average Bonchev–Trinajstić information content (AvgIpc) is 3.43. The van der Waals surface area contributed by atoms with E-state index in [2.05, 4.69) is 20.8 Å². The fraction of sp³-hybridized carbons (Fsp3) is 0.250. The third-order valence-corrected chi connectivity index (χ3v) is 6.70. The van der Waals surface area contributed by atoms with Gasteiger partial charge in [-0.3, -0.25) is 24.5 Å². The van der Waals surface area contributed by atoms with Gasteiger partial charge in [0.2, 0.25) is 23.5 Å². The standard InChI is InChI=1S/C24H21ClN6O5/c1-11-2-3-13(9-16(11)25)21-29-24(36-30-21)28-19(20(26)33)12-4-5-15-14(8-12)10-31(23(15)35)17-6-7-18(32)27-22(17)34/h2-5,8-9,17,19H,6-7,10H2,1H3,(H2,26,33)(H,27,32,34)(H,28,29,30). The second kappa shape index (κ2) is 9.08. The van der Waals surface area contributed by atoms with Crippen LogP contribution in [-0.4, -0.2) is 44.7 Å². The van der Waals surface area contributed by atoms with Crippen molar-refractivity contribution in [2.75, 3.05) is 5.32 Å². The summed E-state index contributed by atoms with van der Waals surface area (Å²) in [6.07, 6.45) is 0.421. The Kier molecular flexibility index (Phi) is 5.92. The van der Waals surface area contributed by atoms with Gasteiger partial charge in [-0.25, -0.2) is 0 Å². The van der Waals surface area contributed by atoms with Crippen LogP contribution in [0.2, 0.25) is 5.02 Å². The largest absolute Gasteiger partial charge is 0.368 e. The van der Waals surface area contributed by atoms with E-state index in [1.165, 1.54) is 4.90 Å². The van der Waals surface area contributed by atoms with Gasteiger partial charge in [-0.1, -0.05) is 41.0 Å². The van der Waals surface area contributed by atoms with Gasteiger partial charge in [-0.05, 0) is 42.2 Å². The van der Waals surface area contributed by atoms with Gasteiger partial charge in [-0.15, -0.1) is 0 Å². The highest BCUT2D eigenvalue weighted by molar-refractivity contribution is 6.31. The SMILES string of the molecule is Cc1ccc(-c2noc(NC(C(N)=O)c3ccc4c(c3)CN(C3CCC(=O)NC3=O)C4=O)n2)cc1Cl. The minimum absolute atomic E-state index is 0.0211. The third kappa shape index (κ3) is 4.29. The van der Waals surface area contributed by atoms with Crippen LogP contribution in [0.1, 0.15) is 45.9 Å². The molecule has 3 aromatic rings. The molecule has 2 aliphatic rings. The number of hydrogen-bond acceptors (Lipinski definition) is 8. The van der Waals surface area contributed by atoms with Crippen LogP contribution in [0.25, 0.3) is 11.4 Å². The number of anilines is 1. The predicted molar refractivity (Wildman–Crippen MR) is 128 cm³/mol. The Balaban J connectivity index is 1.36. The average molecular weight is 509 g/mol. The fourth-order valence-electron chi connectivity index (χ4n) is 4.35. The Hall–Kier alpha value is -4.25. The smallest absolute Gasteiger partial charge is 0.322 e. The van der Waals surface area contributed by atoms with E-state index < -0.39 is 23.9 Å². The minimum Gasteiger partial charge on any atom is -0.368 e. The van der Waals surface area contributed by atoms with E-state index in [-0.39, 0.29) is 43.0 Å². The zero-order chi connectivity index (χ0) is 25.6. The van der Waals surface area contributed by atoms with E-state index >= 15 is 0 Å². The monoisotopic (exact) mass is 508 g/mol. The quantitative estimate of drug-likeness (QED) is 0.426. The molecule has 36 heavy (non-hydrogen) atoms. The van der Waals surface area contributed by atoms with Crippen LogP contribution in [0.5, 0.6) is 0 Å². The molecule has 5 rings (SSSR count). The van der Waals surface area contributed by atoms with Crippen LogP contribution in [0.4, 0.5) is 6.01 Å². The highest BCUT2D eigenvalue weighted by Gasteiger charge is 2.39. The molecule has 1 fully saturated rings. The number of aromatic nitrogens is 2. The number of nitrogens with two attached hydrogens (primary N) is 1. The molecule has 2 unspecified atom stereocenters. The maximum Gasteiger partial charge on any atom is 0.322 e. The lowest BCUT2D eigenvalue weighted by Gasteiger charge is -2.29.